The van der Waals surface area contributed by atoms with Crippen LogP contribution in [0.2, 0.25) is 18.6 Å². The van der Waals surface area contributed by atoms with Crippen LogP contribution >= 0.6 is 0 Å². The summed E-state index contributed by atoms with van der Waals surface area (Å²) in [5, 5.41) is 28.0. The number of benzene rings is 4. The largest absolute Gasteiger partial charge is 0.395 e. The van der Waals surface area contributed by atoms with Crippen LogP contribution in [-0.4, -0.2) is 66.0 Å². The van der Waals surface area contributed by atoms with Gasteiger partial charge in [0.1, 0.15) is 0 Å². The first-order valence-corrected chi connectivity index (χ1v) is 21.7. The predicted molar refractivity (Wildman–Crippen MR) is 212 cm³/mol. The van der Waals surface area contributed by atoms with Crippen LogP contribution in [-0.2, 0) is 37.8 Å². The Balaban J connectivity index is 1.23. The van der Waals surface area contributed by atoms with E-state index in [1.165, 1.54) is 46.1 Å². The van der Waals surface area contributed by atoms with Gasteiger partial charge in [-0.25, -0.2) is 5.01 Å². The smallest absolute Gasteiger partial charge is 0.269 e. The lowest BCUT2D eigenvalue weighted by atomic mass is 9.82. The molecule has 14 heteroatoms. The molecule has 0 aromatic heterocycles. The molecule has 3 aliphatic rings. The van der Waals surface area contributed by atoms with Crippen LogP contribution in [0.1, 0.15) is 48.4 Å². The highest BCUT2D eigenvalue weighted by atomic mass is 28.4. The summed E-state index contributed by atoms with van der Waals surface area (Å²) in [5.41, 5.74) is 1.44. The van der Waals surface area contributed by atoms with Crippen LogP contribution < -0.4 is 9.91 Å². The van der Waals surface area contributed by atoms with E-state index in [1.54, 1.807) is 25.1 Å². The first kappa shape index (κ1) is 38.7. The third-order valence-corrected chi connectivity index (χ3v) is 13.6. The molecule has 0 bridgehead atoms. The number of hydrogen-bond acceptors (Lipinski definition) is 8. The average Bonchev–Trinajstić information content (AvgIpc) is 3.61. The molecule has 56 heavy (non-hydrogen) atoms. The van der Waals surface area contributed by atoms with Crippen LogP contribution in [0.5, 0.6) is 0 Å². The van der Waals surface area contributed by atoms with E-state index in [9.17, 15) is 24.8 Å². The second-order valence-corrected chi connectivity index (χ2v) is 18.9. The summed E-state index contributed by atoms with van der Waals surface area (Å²) in [5.74, 6) is -1.85. The number of hydrogen-bond donors (Lipinski definition) is 1. The molecule has 4 aromatic carbocycles. The number of ether oxygens (including phenoxy) is 1. The normalized spacial score (nSPS) is 22.0. The fourth-order valence-electron chi connectivity index (χ4n) is 8.58. The molecule has 3 aliphatic heterocycles. The van der Waals surface area contributed by atoms with Gasteiger partial charge >= 0.3 is 0 Å². The number of non-ortho nitro benzene ring substituents is 1. The molecule has 4 aromatic rings. The standard InChI is InChI=1S/C42H44FN5O7Si/c1-28-40(56(2,3)43)37(25-39(51)45(21-22-49)26-29-11-6-4-7-12-29)55-42(28)34-24-33(48(53)54)17-19-36(34)46(41(42)52)27-30-13-10-16-32(23-30)47-38(50)20-18-35(44-47)31-14-8-5-9-15-31/h4-17,19,23-24,28,37,40,49H,18,20-22,25-27H2,1-3H3/t28-,37+,40-,42+/m1/s1. The maximum absolute atomic E-state index is 16.5. The summed E-state index contributed by atoms with van der Waals surface area (Å²) in [6, 6.07) is 30.2. The van der Waals surface area contributed by atoms with Gasteiger partial charge in [0.05, 0.1) is 47.7 Å². The van der Waals surface area contributed by atoms with E-state index in [4.69, 9.17) is 9.84 Å². The minimum Gasteiger partial charge on any atom is -0.395 e. The van der Waals surface area contributed by atoms with Crippen molar-refractivity contribution in [3.63, 3.8) is 0 Å². The zero-order valence-electron chi connectivity index (χ0n) is 31.5. The Morgan fingerprint density at radius 1 is 1.00 bits per heavy atom. The van der Waals surface area contributed by atoms with Gasteiger partial charge in [-0.15, -0.1) is 0 Å². The van der Waals surface area contributed by atoms with E-state index in [1.807, 2.05) is 66.7 Å². The molecular weight excluding hydrogens is 734 g/mol. The van der Waals surface area contributed by atoms with E-state index in [-0.39, 0.29) is 62.1 Å². The van der Waals surface area contributed by atoms with E-state index >= 15 is 8.90 Å². The van der Waals surface area contributed by atoms with Gasteiger partial charge in [-0.1, -0.05) is 79.7 Å². The summed E-state index contributed by atoms with van der Waals surface area (Å²) in [6.07, 6.45) is -0.500. The summed E-state index contributed by atoms with van der Waals surface area (Å²) < 4.78 is 23.3. The van der Waals surface area contributed by atoms with Crippen LogP contribution in [0.25, 0.3) is 0 Å². The zero-order chi connectivity index (χ0) is 39.8. The number of carbonyl (C=O) groups excluding carboxylic acids is 3. The third kappa shape index (κ3) is 7.27. The highest BCUT2D eigenvalue weighted by Gasteiger charge is 2.67. The van der Waals surface area contributed by atoms with E-state index in [2.05, 4.69) is 0 Å². The van der Waals surface area contributed by atoms with Crippen molar-refractivity contribution < 1.29 is 33.3 Å². The number of amides is 3. The second-order valence-electron chi connectivity index (χ2n) is 15.1. The lowest BCUT2D eigenvalue weighted by molar-refractivity contribution is -0.385. The Morgan fingerprint density at radius 3 is 2.38 bits per heavy atom. The van der Waals surface area contributed by atoms with Crippen molar-refractivity contribution in [1.29, 1.82) is 0 Å². The number of nitro benzene ring substituents is 1. The summed E-state index contributed by atoms with van der Waals surface area (Å²) >= 11 is 0. The molecular formula is C42H44FN5O7Si. The van der Waals surface area contributed by atoms with Gasteiger partial charge in [0.25, 0.3) is 11.6 Å². The Kier molecular flexibility index (Phi) is 10.7. The van der Waals surface area contributed by atoms with Gasteiger partial charge in [-0.05, 0) is 48.0 Å². The van der Waals surface area contributed by atoms with Gasteiger partial charge in [0, 0.05) is 55.1 Å². The molecule has 1 saturated heterocycles. The number of nitrogens with zero attached hydrogens (tertiary/aromatic N) is 5. The predicted octanol–water partition coefficient (Wildman–Crippen LogP) is 6.86. The molecule has 3 heterocycles. The molecule has 7 rings (SSSR count). The third-order valence-electron chi connectivity index (χ3n) is 11.1. The molecule has 4 atom stereocenters. The van der Waals surface area contributed by atoms with Crippen molar-refractivity contribution in [2.24, 2.45) is 11.0 Å². The minimum atomic E-state index is -3.68. The van der Waals surface area contributed by atoms with Gasteiger partial charge in [-0.2, -0.15) is 5.10 Å². The number of nitro groups is 1. The van der Waals surface area contributed by atoms with Gasteiger partial charge in [-0.3, -0.25) is 24.5 Å². The number of anilines is 2. The van der Waals surface area contributed by atoms with Crippen molar-refractivity contribution in [1.82, 2.24) is 4.90 Å². The number of halogens is 1. The molecule has 1 spiro atoms. The Hall–Kier alpha value is -5.57. The number of aliphatic hydroxyl groups excluding tert-OH is 1. The number of fused-ring (bicyclic) bond motifs is 2. The molecule has 3 amide bonds. The molecule has 0 aliphatic carbocycles. The highest BCUT2D eigenvalue weighted by molar-refractivity contribution is 6.72. The number of carbonyl (C=O) groups is 3. The van der Waals surface area contributed by atoms with Crippen LogP contribution in [0.15, 0.2) is 108 Å². The number of aliphatic hydroxyl groups is 1. The van der Waals surface area contributed by atoms with Gasteiger partial charge in [0.2, 0.25) is 20.2 Å². The van der Waals surface area contributed by atoms with E-state index < -0.39 is 42.4 Å². The Labute approximate surface area is 325 Å². The summed E-state index contributed by atoms with van der Waals surface area (Å²) in [7, 11) is -3.68. The lowest BCUT2D eigenvalue weighted by Crippen LogP contribution is -2.45. The minimum absolute atomic E-state index is 0.0126. The maximum atomic E-state index is 16.5. The van der Waals surface area contributed by atoms with Crippen molar-refractivity contribution in [2.45, 2.75) is 69.6 Å². The molecule has 1 fully saturated rings. The average molecular weight is 778 g/mol. The lowest BCUT2D eigenvalue weighted by Gasteiger charge is -2.31. The fraction of sp³-hybridized carbons (Fsp3) is 0.333. The number of rotatable bonds is 12. The summed E-state index contributed by atoms with van der Waals surface area (Å²) in [6.45, 7) is 4.77. The molecule has 0 saturated carbocycles. The van der Waals surface area contributed by atoms with Crippen LogP contribution in [0.4, 0.5) is 21.2 Å². The van der Waals surface area contributed by atoms with Gasteiger partial charge in [0.15, 0.2) is 5.60 Å². The monoisotopic (exact) mass is 777 g/mol. The molecule has 12 nitrogen and oxygen atoms in total. The first-order valence-electron chi connectivity index (χ1n) is 18.8. The van der Waals surface area contributed by atoms with E-state index in [0.717, 1.165) is 16.8 Å². The molecule has 290 valence electrons. The Bertz CT molecular complexity index is 2180. The summed E-state index contributed by atoms with van der Waals surface area (Å²) in [4.78, 5) is 56.6. The molecule has 0 unspecified atom stereocenters. The highest BCUT2D eigenvalue weighted by Crippen LogP contribution is 2.60. The zero-order valence-corrected chi connectivity index (χ0v) is 32.5. The first-order chi connectivity index (χ1) is 26.8. The van der Waals surface area contributed by atoms with Crippen LogP contribution in [0.3, 0.4) is 0 Å². The van der Waals surface area contributed by atoms with Crippen molar-refractivity contribution in [3.8, 4) is 0 Å². The SMILES string of the molecule is C[C@@H]1[C@@H]([Si](C)(C)F)[C@H](CC(=O)N(CCO)Cc2ccccc2)O[C@@]12C(=O)N(Cc1cccc(N3N=C(c4ccccc4)CCC3=O)c1)c1ccc([N+](=O)[O-])cc12. The van der Waals surface area contributed by atoms with Gasteiger partial charge < -0.3 is 23.8 Å². The topological polar surface area (TPSA) is 146 Å². The van der Waals surface area contributed by atoms with Crippen LogP contribution in [0, 0.1) is 16.0 Å². The maximum Gasteiger partial charge on any atom is 0.269 e. The molecule has 0 radical (unpaired) electrons. The fourth-order valence-corrected chi connectivity index (χ4v) is 11.1. The quantitative estimate of drug-likeness (QED) is 0.0716. The number of hydrazone groups is 1. The van der Waals surface area contributed by atoms with E-state index in [0.29, 0.717) is 23.4 Å². The second kappa shape index (κ2) is 15.5. The Morgan fingerprint density at radius 2 is 1.70 bits per heavy atom. The van der Waals surface area contributed by atoms with Crippen molar-refractivity contribution >= 4 is 48.9 Å². The van der Waals surface area contributed by atoms with Crippen molar-refractivity contribution in [3.05, 3.63) is 135 Å². The molecule has 1 N–H and O–H groups in total. The van der Waals surface area contributed by atoms with Crippen molar-refractivity contribution in [2.75, 3.05) is 23.1 Å².